The Bertz CT molecular complexity index is 397. The fourth-order valence-corrected chi connectivity index (χ4v) is 1.73. The average molecular weight is 236 g/mol. The first-order valence-electron chi connectivity index (χ1n) is 5.99. The number of aromatic hydroxyl groups is 1. The Labute approximate surface area is 104 Å². The van der Waals surface area contributed by atoms with Crippen molar-refractivity contribution < 1.29 is 5.11 Å². The van der Waals surface area contributed by atoms with Gasteiger partial charge in [-0.3, -0.25) is 0 Å². The normalized spacial score (nSPS) is 12.8. The SMILES string of the molecule is CC(C)(CN)c1ccc(O)c(C(C)(C)CN)c1. The molecule has 1 aromatic rings. The molecule has 3 nitrogen and oxygen atoms in total. The van der Waals surface area contributed by atoms with Gasteiger partial charge in [-0.1, -0.05) is 39.8 Å². The molecule has 3 heteroatoms. The monoisotopic (exact) mass is 236 g/mol. The van der Waals surface area contributed by atoms with Gasteiger partial charge < -0.3 is 16.6 Å². The second-order valence-electron chi connectivity index (χ2n) is 5.91. The lowest BCUT2D eigenvalue weighted by atomic mass is 9.78. The first kappa shape index (κ1) is 14.0. The largest absolute Gasteiger partial charge is 0.508 e. The number of phenolic OH excluding ortho intramolecular Hbond substituents is 1. The minimum atomic E-state index is -0.231. The van der Waals surface area contributed by atoms with Crippen LogP contribution in [0.15, 0.2) is 18.2 Å². The number of hydrogen-bond acceptors (Lipinski definition) is 3. The van der Waals surface area contributed by atoms with Crippen molar-refractivity contribution in [2.75, 3.05) is 13.1 Å². The lowest BCUT2D eigenvalue weighted by Gasteiger charge is -2.28. The second-order valence-corrected chi connectivity index (χ2v) is 5.91. The summed E-state index contributed by atoms with van der Waals surface area (Å²) in [5.74, 6) is 0.303. The van der Waals surface area contributed by atoms with Crippen LogP contribution in [-0.4, -0.2) is 18.2 Å². The third-order valence-electron chi connectivity index (χ3n) is 3.53. The van der Waals surface area contributed by atoms with E-state index in [2.05, 4.69) is 13.8 Å². The molecule has 0 aromatic heterocycles. The van der Waals surface area contributed by atoms with Gasteiger partial charge in [-0.25, -0.2) is 0 Å². The highest BCUT2D eigenvalue weighted by atomic mass is 16.3. The summed E-state index contributed by atoms with van der Waals surface area (Å²) in [6.45, 7) is 9.31. The van der Waals surface area contributed by atoms with Crippen LogP contribution in [0.4, 0.5) is 0 Å². The molecule has 0 unspecified atom stereocenters. The number of phenols is 1. The summed E-state index contributed by atoms with van der Waals surface area (Å²) in [5.41, 5.74) is 13.2. The van der Waals surface area contributed by atoms with Crippen LogP contribution in [0.25, 0.3) is 0 Å². The minimum Gasteiger partial charge on any atom is -0.508 e. The van der Waals surface area contributed by atoms with Gasteiger partial charge in [-0.15, -0.1) is 0 Å². The van der Waals surface area contributed by atoms with Gasteiger partial charge in [0.15, 0.2) is 0 Å². The summed E-state index contributed by atoms with van der Waals surface area (Å²) in [4.78, 5) is 0. The van der Waals surface area contributed by atoms with Crippen molar-refractivity contribution in [3.05, 3.63) is 29.3 Å². The summed E-state index contributed by atoms with van der Waals surface area (Å²) in [6, 6.07) is 5.69. The van der Waals surface area contributed by atoms with Crippen molar-refractivity contribution in [2.24, 2.45) is 11.5 Å². The van der Waals surface area contributed by atoms with Crippen molar-refractivity contribution in [1.29, 1.82) is 0 Å². The highest BCUT2D eigenvalue weighted by Crippen LogP contribution is 2.34. The van der Waals surface area contributed by atoms with Crippen molar-refractivity contribution in [2.45, 2.75) is 38.5 Å². The number of benzene rings is 1. The van der Waals surface area contributed by atoms with Gasteiger partial charge >= 0.3 is 0 Å². The number of nitrogens with two attached hydrogens (primary N) is 2. The van der Waals surface area contributed by atoms with Gasteiger partial charge in [0, 0.05) is 29.5 Å². The summed E-state index contributed by atoms with van der Waals surface area (Å²) in [5, 5.41) is 9.95. The number of hydrogen-bond donors (Lipinski definition) is 3. The fraction of sp³-hybridized carbons (Fsp3) is 0.571. The topological polar surface area (TPSA) is 72.3 Å². The van der Waals surface area contributed by atoms with Crippen LogP contribution >= 0.6 is 0 Å². The summed E-state index contributed by atoms with van der Waals surface area (Å²) < 4.78 is 0. The van der Waals surface area contributed by atoms with E-state index in [1.54, 1.807) is 6.07 Å². The van der Waals surface area contributed by atoms with E-state index in [0.717, 1.165) is 11.1 Å². The molecule has 0 amide bonds. The first-order chi connectivity index (χ1) is 7.74. The molecule has 0 saturated heterocycles. The molecule has 17 heavy (non-hydrogen) atoms. The Hall–Kier alpha value is -1.06. The molecule has 0 fully saturated rings. The van der Waals surface area contributed by atoms with Gasteiger partial charge in [-0.05, 0) is 11.6 Å². The van der Waals surface area contributed by atoms with E-state index < -0.39 is 0 Å². The molecular weight excluding hydrogens is 212 g/mol. The molecule has 0 bridgehead atoms. The zero-order valence-corrected chi connectivity index (χ0v) is 11.2. The van der Waals surface area contributed by atoms with Gasteiger partial charge in [0.2, 0.25) is 0 Å². The molecule has 5 N–H and O–H groups in total. The Kier molecular flexibility index (Phi) is 3.84. The summed E-state index contributed by atoms with van der Waals surface area (Å²) >= 11 is 0. The molecule has 0 aliphatic rings. The lowest BCUT2D eigenvalue weighted by Crippen LogP contribution is -2.31. The maximum absolute atomic E-state index is 9.95. The van der Waals surface area contributed by atoms with Crippen molar-refractivity contribution >= 4 is 0 Å². The standard InChI is InChI=1S/C14H24N2O/c1-13(2,8-15)10-5-6-12(17)11(7-10)14(3,4)9-16/h5-7,17H,8-9,15-16H2,1-4H3. The van der Waals surface area contributed by atoms with E-state index in [-0.39, 0.29) is 10.8 Å². The highest BCUT2D eigenvalue weighted by Gasteiger charge is 2.26. The van der Waals surface area contributed by atoms with E-state index >= 15 is 0 Å². The third-order valence-corrected chi connectivity index (χ3v) is 3.53. The van der Waals surface area contributed by atoms with Crippen LogP contribution < -0.4 is 11.5 Å². The quantitative estimate of drug-likeness (QED) is 0.747. The molecule has 1 rings (SSSR count). The molecule has 1 aromatic carbocycles. The molecule has 0 aliphatic heterocycles. The zero-order chi connectivity index (χ0) is 13.3. The van der Waals surface area contributed by atoms with Gasteiger partial charge in [0.05, 0.1) is 0 Å². The molecule has 0 aliphatic carbocycles. The van der Waals surface area contributed by atoms with Crippen LogP contribution in [0.1, 0.15) is 38.8 Å². The Morgan fingerprint density at radius 2 is 1.53 bits per heavy atom. The van der Waals surface area contributed by atoms with Crippen LogP contribution in [-0.2, 0) is 10.8 Å². The first-order valence-corrected chi connectivity index (χ1v) is 5.99. The van der Waals surface area contributed by atoms with E-state index in [9.17, 15) is 5.11 Å². The van der Waals surface area contributed by atoms with Crippen molar-refractivity contribution in [3.63, 3.8) is 0 Å². The Morgan fingerprint density at radius 3 is 2.00 bits per heavy atom. The van der Waals surface area contributed by atoms with Crippen LogP contribution in [0, 0.1) is 0 Å². The van der Waals surface area contributed by atoms with E-state index in [1.807, 2.05) is 26.0 Å². The van der Waals surface area contributed by atoms with Crippen molar-refractivity contribution in [1.82, 2.24) is 0 Å². The molecule has 0 spiro atoms. The molecular formula is C14H24N2O. The van der Waals surface area contributed by atoms with Crippen molar-refractivity contribution in [3.8, 4) is 5.75 Å². The van der Waals surface area contributed by atoms with Gasteiger partial charge in [0.25, 0.3) is 0 Å². The molecule has 0 heterocycles. The van der Waals surface area contributed by atoms with E-state index in [4.69, 9.17) is 11.5 Å². The van der Waals surface area contributed by atoms with Gasteiger partial charge in [-0.2, -0.15) is 0 Å². The van der Waals surface area contributed by atoms with Gasteiger partial charge in [0.1, 0.15) is 5.75 Å². The summed E-state index contributed by atoms with van der Waals surface area (Å²) in [7, 11) is 0. The maximum Gasteiger partial charge on any atom is 0.119 e. The average Bonchev–Trinajstić information content (AvgIpc) is 2.29. The minimum absolute atomic E-state index is 0.0902. The predicted octanol–water partition coefficient (Wildman–Crippen LogP) is 1.86. The lowest BCUT2D eigenvalue weighted by molar-refractivity contribution is 0.435. The fourth-order valence-electron chi connectivity index (χ4n) is 1.73. The maximum atomic E-state index is 9.95. The van der Waals surface area contributed by atoms with Crippen LogP contribution in [0.2, 0.25) is 0 Å². The molecule has 0 radical (unpaired) electrons. The Morgan fingerprint density at radius 1 is 1.00 bits per heavy atom. The molecule has 0 atom stereocenters. The highest BCUT2D eigenvalue weighted by molar-refractivity contribution is 5.43. The molecule has 96 valence electrons. The second kappa shape index (κ2) is 4.67. The summed E-state index contributed by atoms with van der Waals surface area (Å²) in [6.07, 6.45) is 0. The smallest absolute Gasteiger partial charge is 0.119 e. The van der Waals surface area contributed by atoms with E-state index in [0.29, 0.717) is 18.8 Å². The van der Waals surface area contributed by atoms with Crippen LogP contribution in [0.3, 0.4) is 0 Å². The number of rotatable bonds is 4. The molecule has 0 saturated carbocycles. The third kappa shape index (κ3) is 2.79. The zero-order valence-electron chi connectivity index (χ0n) is 11.2. The predicted molar refractivity (Wildman–Crippen MR) is 72.3 cm³/mol. The van der Waals surface area contributed by atoms with E-state index in [1.165, 1.54) is 0 Å². The Balaban J connectivity index is 3.30. The van der Waals surface area contributed by atoms with Crippen LogP contribution in [0.5, 0.6) is 5.75 Å².